The number of benzene rings is 1. The third-order valence-corrected chi connectivity index (χ3v) is 2.91. The van der Waals surface area contributed by atoms with Crippen LogP contribution in [0.25, 0.3) is 11.3 Å². The van der Waals surface area contributed by atoms with Gasteiger partial charge in [0.25, 0.3) is 0 Å². The first-order chi connectivity index (χ1) is 7.72. The Balaban J connectivity index is 2.42. The summed E-state index contributed by atoms with van der Waals surface area (Å²) in [6, 6.07) is 7.49. The van der Waals surface area contributed by atoms with Crippen LogP contribution in [0.3, 0.4) is 0 Å². The van der Waals surface area contributed by atoms with Gasteiger partial charge in [0.2, 0.25) is 0 Å². The number of rotatable bonds is 3. The van der Waals surface area contributed by atoms with Crippen LogP contribution in [0.15, 0.2) is 39.9 Å². The zero-order valence-electron chi connectivity index (χ0n) is 8.51. The van der Waals surface area contributed by atoms with E-state index >= 15 is 0 Å². The molecule has 0 aliphatic carbocycles. The standard InChI is InChI=1S/C11H9NO3S/c1-16-8-4-2-7(3-5-8)10-9(11(13)14)6-15-12-10/h2-6H,1H3,(H,13,14). The van der Waals surface area contributed by atoms with Gasteiger partial charge in [-0.15, -0.1) is 11.8 Å². The van der Waals surface area contributed by atoms with E-state index in [0.29, 0.717) is 5.69 Å². The normalized spacial score (nSPS) is 10.3. The molecular formula is C11H9NO3S. The topological polar surface area (TPSA) is 63.3 Å². The number of aromatic nitrogens is 1. The smallest absolute Gasteiger partial charge is 0.341 e. The molecule has 0 bridgehead atoms. The molecule has 1 aromatic heterocycles. The Kier molecular flexibility index (Phi) is 2.96. The summed E-state index contributed by atoms with van der Waals surface area (Å²) in [4.78, 5) is 12.0. The molecule has 0 aliphatic rings. The SMILES string of the molecule is CSc1ccc(-c2nocc2C(=O)O)cc1. The molecule has 0 amide bonds. The molecule has 1 aromatic carbocycles. The highest BCUT2D eigenvalue weighted by molar-refractivity contribution is 7.98. The molecule has 16 heavy (non-hydrogen) atoms. The van der Waals surface area contributed by atoms with Gasteiger partial charge in [0.05, 0.1) is 0 Å². The lowest BCUT2D eigenvalue weighted by Crippen LogP contribution is -1.96. The van der Waals surface area contributed by atoms with E-state index in [0.717, 1.165) is 16.7 Å². The lowest BCUT2D eigenvalue weighted by Gasteiger charge is -1.99. The van der Waals surface area contributed by atoms with Crippen molar-refractivity contribution < 1.29 is 14.4 Å². The minimum absolute atomic E-state index is 0.0805. The molecule has 0 saturated carbocycles. The van der Waals surface area contributed by atoms with E-state index < -0.39 is 5.97 Å². The summed E-state index contributed by atoms with van der Waals surface area (Å²) in [5.41, 5.74) is 1.18. The quantitative estimate of drug-likeness (QED) is 0.829. The average molecular weight is 235 g/mol. The van der Waals surface area contributed by atoms with Crippen molar-refractivity contribution in [3.8, 4) is 11.3 Å². The zero-order chi connectivity index (χ0) is 11.5. The predicted octanol–water partition coefficient (Wildman–Crippen LogP) is 2.76. The van der Waals surface area contributed by atoms with Crippen LogP contribution in [-0.4, -0.2) is 22.5 Å². The van der Waals surface area contributed by atoms with Gasteiger partial charge in [-0.3, -0.25) is 0 Å². The summed E-state index contributed by atoms with van der Waals surface area (Å²) in [6.07, 6.45) is 3.12. The van der Waals surface area contributed by atoms with Gasteiger partial charge in [0, 0.05) is 10.5 Å². The average Bonchev–Trinajstić information content (AvgIpc) is 2.78. The van der Waals surface area contributed by atoms with Crippen molar-refractivity contribution in [2.45, 2.75) is 4.90 Å². The molecule has 0 aliphatic heterocycles. The fourth-order valence-corrected chi connectivity index (χ4v) is 1.75. The molecule has 1 N–H and O–H groups in total. The van der Waals surface area contributed by atoms with Crippen LogP contribution in [0.5, 0.6) is 0 Å². The lowest BCUT2D eigenvalue weighted by molar-refractivity contribution is 0.0697. The van der Waals surface area contributed by atoms with Crippen LogP contribution in [-0.2, 0) is 0 Å². The van der Waals surface area contributed by atoms with E-state index in [1.54, 1.807) is 11.8 Å². The largest absolute Gasteiger partial charge is 0.477 e. The van der Waals surface area contributed by atoms with E-state index in [4.69, 9.17) is 5.11 Å². The minimum atomic E-state index is -1.04. The van der Waals surface area contributed by atoms with Crippen molar-refractivity contribution >= 4 is 17.7 Å². The third-order valence-electron chi connectivity index (χ3n) is 2.16. The van der Waals surface area contributed by atoms with Gasteiger partial charge in [0.15, 0.2) is 0 Å². The van der Waals surface area contributed by atoms with Crippen molar-refractivity contribution in [1.29, 1.82) is 0 Å². The summed E-state index contributed by atoms with van der Waals surface area (Å²) in [6.45, 7) is 0. The first-order valence-corrected chi connectivity index (χ1v) is 5.77. The van der Waals surface area contributed by atoms with Crippen molar-refractivity contribution in [2.75, 3.05) is 6.26 Å². The van der Waals surface area contributed by atoms with Gasteiger partial charge < -0.3 is 9.63 Å². The number of aromatic carboxylic acids is 1. The molecule has 0 fully saturated rings. The number of hydrogen-bond acceptors (Lipinski definition) is 4. The Labute approximate surface area is 96.3 Å². The van der Waals surface area contributed by atoms with E-state index in [-0.39, 0.29) is 5.56 Å². The Hall–Kier alpha value is -1.75. The summed E-state index contributed by atoms with van der Waals surface area (Å²) in [5.74, 6) is -1.04. The number of carbonyl (C=O) groups is 1. The lowest BCUT2D eigenvalue weighted by atomic mass is 10.1. The van der Waals surface area contributed by atoms with Crippen LogP contribution < -0.4 is 0 Å². The molecule has 0 spiro atoms. The van der Waals surface area contributed by atoms with Gasteiger partial charge in [-0.1, -0.05) is 17.3 Å². The maximum absolute atomic E-state index is 10.9. The molecule has 1 heterocycles. The number of carboxylic acids is 1. The monoisotopic (exact) mass is 235 g/mol. The number of thioether (sulfide) groups is 1. The number of nitrogens with zero attached hydrogens (tertiary/aromatic N) is 1. The minimum Gasteiger partial charge on any atom is -0.477 e. The summed E-state index contributed by atoms with van der Waals surface area (Å²) >= 11 is 1.63. The fraction of sp³-hybridized carbons (Fsp3) is 0.0909. The van der Waals surface area contributed by atoms with Crippen molar-refractivity contribution in [3.05, 3.63) is 36.1 Å². The highest BCUT2D eigenvalue weighted by atomic mass is 32.2. The Morgan fingerprint density at radius 2 is 2.06 bits per heavy atom. The Bertz CT molecular complexity index is 504. The second-order valence-corrected chi connectivity index (χ2v) is 3.99. The summed E-state index contributed by atoms with van der Waals surface area (Å²) in [5, 5.41) is 12.6. The van der Waals surface area contributed by atoms with E-state index in [1.807, 2.05) is 30.5 Å². The maximum atomic E-state index is 10.9. The molecular weight excluding hydrogens is 226 g/mol. The van der Waals surface area contributed by atoms with Gasteiger partial charge in [-0.25, -0.2) is 4.79 Å². The second-order valence-electron chi connectivity index (χ2n) is 3.11. The molecule has 82 valence electrons. The van der Waals surface area contributed by atoms with E-state index in [9.17, 15) is 4.79 Å². The van der Waals surface area contributed by atoms with Crippen molar-refractivity contribution in [1.82, 2.24) is 5.16 Å². The highest BCUT2D eigenvalue weighted by Gasteiger charge is 2.15. The van der Waals surface area contributed by atoms with Crippen molar-refractivity contribution in [2.24, 2.45) is 0 Å². The molecule has 2 aromatic rings. The highest BCUT2D eigenvalue weighted by Crippen LogP contribution is 2.24. The maximum Gasteiger partial charge on any atom is 0.341 e. The molecule has 4 nitrogen and oxygen atoms in total. The van der Waals surface area contributed by atoms with Gasteiger partial charge in [0.1, 0.15) is 17.5 Å². The summed E-state index contributed by atoms with van der Waals surface area (Å²) in [7, 11) is 0. The van der Waals surface area contributed by atoms with Crippen molar-refractivity contribution in [3.63, 3.8) is 0 Å². The van der Waals surface area contributed by atoms with Crippen LogP contribution in [0.1, 0.15) is 10.4 Å². The molecule has 2 rings (SSSR count). The van der Waals surface area contributed by atoms with Gasteiger partial charge >= 0.3 is 5.97 Å². The summed E-state index contributed by atoms with van der Waals surface area (Å²) < 4.78 is 4.68. The van der Waals surface area contributed by atoms with Crippen LogP contribution >= 0.6 is 11.8 Å². The molecule has 0 atom stereocenters. The van der Waals surface area contributed by atoms with Crippen LogP contribution in [0, 0.1) is 0 Å². The van der Waals surface area contributed by atoms with Crippen LogP contribution in [0.2, 0.25) is 0 Å². The fourth-order valence-electron chi connectivity index (χ4n) is 1.35. The molecule has 0 unspecified atom stereocenters. The first-order valence-electron chi connectivity index (χ1n) is 4.54. The number of carboxylic acid groups (broad SMARTS) is 1. The third kappa shape index (κ3) is 1.94. The number of hydrogen-bond donors (Lipinski definition) is 1. The molecule has 0 radical (unpaired) electrons. The molecule has 0 saturated heterocycles. The van der Waals surface area contributed by atoms with E-state index in [1.165, 1.54) is 0 Å². The second kappa shape index (κ2) is 4.40. The first kappa shape index (κ1) is 10.8. The van der Waals surface area contributed by atoms with Gasteiger partial charge in [-0.2, -0.15) is 0 Å². The van der Waals surface area contributed by atoms with Crippen LogP contribution in [0.4, 0.5) is 0 Å². The molecule has 5 heteroatoms. The van der Waals surface area contributed by atoms with Gasteiger partial charge in [-0.05, 0) is 18.4 Å². The predicted molar refractivity (Wildman–Crippen MR) is 60.7 cm³/mol. The Morgan fingerprint density at radius 3 is 2.62 bits per heavy atom. The van der Waals surface area contributed by atoms with E-state index in [2.05, 4.69) is 9.68 Å². The zero-order valence-corrected chi connectivity index (χ0v) is 9.32. The Morgan fingerprint density at radius 1 is 1.38 bits per heavy atom.